The van der Waals surface area contributed by atoms with E-state index in [4.69, 9.17) is 4.74 Å². The summed E-state index contributed by atoms with van der Waals surface area (Å²) in [5, 5.41) is 1.86. The van der Waals surface area contributed by atoms with E-state index < -0.39 is 12.0 Å². The fourth-order valence-electron chi connectivity index (χ4n) is 3.09. The number of benzene rings is 2. The molecule has 0 fully saturated rings. The van der Waals surface area contributed by atoms with Crippen molar-refractivity contribution in [2.45, 2.75) is 19.0 Å². The standard InChI is InChI=1S/C22H21NO3S/c1-16(17-10-5-3-6-11-17)23(21(24)19-14-9-15-27-19)20(22(25)26-2)18-12-7-4-8-13-18/h3-16,20H,1-2H3/t16-,20?/m1/s1. The summed E-state index contributed by atoms with van der Waals surface area (Å²) in [4.78, 5) is 28.3. The maximum absolute atomic E-state index is 13.4. The van der Waals surface area contributed by atoms with Crippen molar-refractivity contribution >= 4 is 23.2 Å². The predicted molar refractivity (Wildman–Crippen MR) is 107 cm³/mol. The van der Waals surface area contributed by atoms with E-state index in [-0.39, 0.29) is 11.9 Å². The molecule has 0 aliphatic rings. The summed E-state index contributed by atoms with van der Waals surface area (Å²) in [5.74, 6) is -0.658. The number of hydrogen-bond donors (Lipinski definition) is 0. The van der Waals surface area contributed by atoms with Gasteiger partial charge in [0.05, 0.1) is 18.0 Å². The van der Waals surface area contributed by atoms with Gasteiger partial charge in [0.2, 0.25) is 0 Å². The summed E-state index contributed by atoms with van der Waals surface area (Å²) in [6.07, 6.45) is 0. The maximum atomic E-state index is 13.4. The van der Waals surface area contributed by atoms with Crippen LogP contribution in [-0.2, 0) is 9.53 Å². The summed E-state index contributed by atoms with van der Waals surface area (Å²) in [5.41, 5.74) is 1.67. The second-order valence-corrected chi connectivity index (χ2v) is 7.06. The molecular formula is C22H21NO3S. The molecule has 0 saturated carbocycles. The molecule has 0 bridgehead atoms. The number of carbonyl (C=O) groups excluding carboxylic acids is 2. The van der Waals surface area contributed by atoms with Gasteiger partial charge in [-0.25, -0.2) is 4.79 Å². The second-order valence-electron chi connectivity index (χ2n) is 6.11. The molecule has 1 amide bonds. The molecule has 5 heteroatoms. The van der Waals surface area contributed by atoms with Crippen molar-refractivity contribution < 1.29 is 14.3 Å². The quantitative estimate of drug-likeness (QED) is 0.574. The number of ether oxygens (including phenoxy) is 1. The number of methoxy groups -OCH3 is 1. The van der Waals surface area contributed by atoms with Crippen LogP contribution in [0.2, 0.25) is 0 Å². The van der Waals surface area contributed by atoms with Crippen molar-refractivity contribution in [1.29, 1.82) is 0 Å². The Morgan fingerprint density at radius 2 is 1.48 bits per heavy atom. The van der Waals surface area contributed by atoms with E-state index in [1.807, 2.05) is 79.0 Å². The van der Waals surface area contributed by atoms with Gasteiger partial charge < -0.3 is 9.64 Å². The van der Waals surface area contributed by atoms with Crippen LogP contribution in [0.15, 0.2) is 78.2 Å². The number of carbonyl (C=O) groups is 2. The number of amides is 1. The maximum Gasteiger partial charge on any atom is 0.333 e. The second kappa shape index (κ2) is 8.64. The van der Waals surface area contributed by atoms with Crippen LogP contribution in [0, 0.1) is 0 Å². The zero-order valence-corrected chi connectivity index (χ0v) is 16.1. The molecule has 1 unspecified atom stereocenters. The number of hydrogen-bond acceptors (Lipinski definition) is 4. The summed E-state index contributed by atoms with van der Waals surface area (Å²) in [6, 6.07) is 21.4. The van der Waals surface area contributed by atoms with Gasteiger partial charge in [-0.05, 0) is 29.5 Å². The lowest BCUT2D eigenvalue weighted by Crippen LogP contribution is -2.41. The lowest BCUT2D eigenvalue weighted by atomic mass is 9.99. The molecule has 0 N–H and O–H groups in total. The molecule has 2 atom stereocenters. The van der Waals surface area contributed by atoms with Gasteiger partial charge in [-0.3, -0.25) is 4.79 Å². The Kier molecular flexibility index (Phi) is 6.04. The summed E-state index contributed by atoms with van der Waals surface area (Å²) in [7, 11) is 1.35. The molecule has 0 radical (unpaired) electrons. The SMILES string of the molecule is COC(=O)C(c1ccccc1)N(C(=O)c1cccs1)[C@H](C)c1ccccc1. The Hall–Kier alpha value is -2.92. The highest BCUT2D eigenvalue weighted by atomic mass is 32.1. The van der Waals surface area contributed by atoms with Crippen LogP contribution in [-0.4, -0.2) is 23.9 Å². The smallest absolute Gasteiger partial charge is 0.333 e. The number of nitrogens with zero attached hydrogens (tertiary/aromatic N) is 1. The van der Waals surface area contributed by atoms with E-state index >= 15 is 0 Å². The van der Waals surface area contributed by atoms with Gasteiger partial charge in [-0.1, -0.05) is 66.7 Å². The lowest BCUT2D eigenvalue weighted by Gasteiger charge is -2.35. The van der Waals surface area contributed by atoms with Crippen LogP contribution in [0.3, 0.4) is 0 Å². The number of esters is 1. The van der Waals surface area contributed by atoms with E-state index in [9.17, 15) is 9.59 Å². The normalized spacial score (nSPS) is 12.8. The van der Waals surface area contributed by atoms with Crippen molar-refractivity contribution in [3.8, 4) is 0 Å². The van der Waals surface area contributed by atoms with Crippen molar-refractivity contribution in [3.63, 3.8) is 0 Å². The fraction of sp³-hybridized carbons (Fsp3) is 0.182. The lowest BCUT2D eigenvalue weighted by molar-refractivity contribution is -0.147. The van der Waals surface area contributed by atoms with E-state index in [1.165, 1.54) is 18.4 Å². The van der Waals surface area contributed by atoms with Crippen LogP contribution >= 0.6 is 11.3 Å². The van der Waals surface area contributed by atoms with Gasteiger partial charge >= 0.3 is 5.97 Å². The molecule has 1 aromatic heterocycles. The molecule has 0 aliphatic heterocycles. The van der Waals surface area contributed by atoms with E-state index in [1.54, 1.807) is 11.0 Å². The molecule has 4 nitrogen and oxygen atoms in total. The minimum atomic E-state index is -0.832. The van der Waals surface area contributed by atoms with Gasteiger partial charge in [-0.2, -0.15) is 0 Å². The Balaban J connectivity index is 2.11. The highest BCUT2D eigenvalue weighted by molar-refractivity contribution is 7.12. The van der Waals surface area contributed by atoms with Crippen molar-refractivity contribution in [3.05, 3.63) is 94.2 Å². The topological polar surface area (TPSA) is 46.6 Å². The third-order valence-electron chi connectivity index (χ3n) is 4.48. The third kappa shape index (κ3) is 4.09. The van der Waals surface area contributed by atoms with Crippen LogP contribution in [0.5, 0.6) is 0 Å². The first-order valence-electron chi connectivity index (χ1n) is 8.67. The molecular weight excluding hydrogens is 358 g/mol. The summed E-state index contributed by atoms with van der Waals surface area (Å²) >= 11 is 1.36. The number of rotatable bonds is 6. The third-order valence-corrected chi connectivity index (χ3v) is 5.34. The molecule has 0 aliphatic carbocycles. The highest BCUT2D eigenvalue weighted by Gasteiger charge is 2.36. The Morgan fingerprint density at radius 1 is 0.889 bits per heavy atom. The summed E-state index contributed by atoms with van der Waals surface area (Å²) < 4.78 is 5.07. The van der Waals surface area contributed by atoms with Gasteiger partial charge in [-0.15, -0.1) is 11.3 Å². The zero-order chi connectivity index (χ0) is 19.2. The fourth-order valence-corrected chi connectivity index (χ4v) is 3.76. The predicted octanol–water partition coefficient (Wildman–Crippen LogP) is 4.87. The highest BCUT2D eigenvalue weighted by Crippen LogP contribution is 2.34. The van der Waals surface area contributed by atoms with Crippen LogP contribution < -0.4 is 0 Å². The monoisotopic (exact) mass is 379 g/mol. The first kappa shape index (κ1) is 18.9. The van der Waals surface area contributed by atoms with Gasteiger partial charge in [0, 0.05) is 0 Å². The molecule has 138 valence electrons. The van der Waals surface area contributed by atoms with E-state index in [0.29, 0.717) is 4.88 Å². The molecule has 3 rings (SSSR count). The van der Waals surface area contributed by atoms with Crippen LogP contribution in [0.1, 0.15) is 39.8 Å². The van der Waals surface area contributed by atoms with E-state index in [2.05, 4.69) is 0 Å². The van der Waals surface area contributed by atoms with Crippen molar-refractivity contribution in [1.82, 2.24) is 4.90 Å². The molecule has 1 heterocycles. The van der Waals surface area contributed by atoms with Crippen LogP contribution in [0.4, 0.5) is 0 Å². The molecule has 0 saturated heterocycles. The Labute approximate surface area is 163 Å². The van der Waals surface area contributed by atoms with Gasteiger partial charge in [0.15, 0.2) is 6.04 Å². The first-order valence-corrected chi connectivity index (χ1v) is 9.55. The Morgan fingerprint density at radius 3 is 2.00 bits per heavy atom. The summed E-state index contributed by atoms with van der Waals surface area (Å²) in [6.45, 7) is 1.93. The van der Waals surface area contributed by atoms with E-state index in [0.717, 1.165) is 11.1 Å². The molecule has 0 spiro atoms. The zero-order valence-electron chi connectivity index (χ0n) is 15.2. The van der Waals surface area contributed by atoms with Crippen LogP contribution in [0.25, 0.3) is 0 Å². The molecule has 2 aromatic carbocycles. The average molecular weight is 379 g/mol. The van der Waals surface area contributed by atoms with Crippen molar-refractivity contribution in [2.75, 3.05) is 7.11 Å². The Bertz CT molecular complexity index is 878. The number of thiophene rings is 1. The first-order chi connectivity index (χ1) is 13.1. The largest absolute Gasteiger partial charge is 0.467 e. The average Bonchev–Trinajstić information content (AvgIpc) is 3.26. The molecule has 3 aromatic rings. The van der Waals surface area contributed by atoms with Crippen molar-refractivity contribution in [2.24, 2.45) is 0 Å². The molecule has 27 heavy (non-hydrogen) atoms. The van der Waals surface area contributed by atoms with Gasteiger partial charge in [0.1, 0.15) is 0 Å². The van der Waals surface area contributed by atoms with Gasteiger partial charge in [0.25, 0.3) is 5.91 Å². The minimum absolute atomic E-state index is 0.194. The minimum Gasteiger partial charge on any atom is -0.467 e.